The molecule has 2 rings (SSSR count). The second kappa shape index (κ2) is 5.40. The lowest BCUT2D eigenvalue weighted by Gasteiger charge is -2.16. The predicted molar refractivity (Wildman–Crippen MR) is 64.4 cm³/mol. The molecule has 0 saturated heterocycles. The second-order valence-corrected chi connectivity index (χ2v) is 3.04. The van der Waals surface area contributed by atoms with E-state index in [4.69, 9.17) is 5.73 Å². The van der Waals surface area contributed by atoms with E-state index in [1.54, 1.807) is 0 Å². The van der Waals surface area contributed by atoms with Gasteiger partial charge in [-0.15, -0.1) is 13.2 Å². The van der Waals surface area contributed by atoms with E-state index in [0.29, 0.717) is 6.54 Å². The lowest BCUT2D eigenvalue weighted by molar-refractivity contribution is 0.809. The highest BCUT2D eigenvalue weighted by Crippen LogP contribution is 2.19. The van der Waals surface area contributed by atoms with Crippen LogP contribution in [0.4, 0.5) is 5.82 Å². The summed E-state index contributed by atoms with van der Waals surface area (Å²) in [5.41, 5.74) is 7.77. The van der Waals surface area contributed by atoms with Crippen LogP contribution in [0, 0.1) is 0 Å². The molecule has 0 saturated carbocycles. The van der Waals surface area contributed by atoms with Crippen molar-refractivity contribution in [2.24, 2.45) is 5.73 Å². The van der Waals surface area contributed by atoms with Crippen molar-refractivity contribution in [3.8, 4) is 0 Å². The lowest BCUT2D eigenvalue weighted by atomic mass is 10.1. The molecule has 0 fully saturated rings. The number of fused-ring (bicyclic) bond motifs is 1. The van der Waals surface area contributed by atoms with Crippen molar-refractivity contribution in [1.29, 1.82) is 0 Å². The standard InChI is InChI=1S/C9H13N3.C2H4.2H2/c10-6-8-4-3-7-2-1-5-11-9(7)12-8;1-2;;/h3-4H,1-2,5-6,10H2,(H,11,12);1-2H2;2*1H. The molecule has 0 atom stereocenters. The van der Waals surface area contributed by atoms with Crippen LogP contribution in [0.3, 0.4) is 0 Å². The molecule has 14 heavy (non-hydrogen) atoms. The van der Waals surface area contributed by atoms with Crippen LogP contribution in [0.25, 0.3) is 0 Å². The Bertz CT molecular complexity index is 305. The zero-order chi connectivity index (χ0) is 10.4. The quantitative estimate of drug-likeness (QED) is 0.675. The number of nitrogens with two attached hydrogens (primary N) is 1. The van der Waals surface area contributed by atoms with Gasteiger partial charge in [-0.3, -0.25) is 0 Å². The molecule has 0 unspecified atom stereocenters. The predicted octanol–water partition coefficient (Wildman–Crippen LogP) is 2.19. The molecule has 0 amide bonds. The van der Waals surface area contributed by atoms with Gasteiger partial charge < -0.3 is 11.1 Å². The first-order valence-electron chi connectivity index (χ1n) is 4.83. The zero-order valence-corrected chi connectivity index (χ0v) is 8.42. The van der Waals surface area contributed by atoms with Crippen LogP contribution >= 0.6 is 0 Å². The highest BCUT2D eigenvalue weighted by Gasteiger charge is 2.08. The first-order chi connectivity index (χ1) is 6.90. The maximum absolute atomic E-state index is 5.49. The molecule has 1 aromatic heterocycles. The van der Waals surface area contributed by atoms with Gasteiger partial charge in [0.15, 0.2) is 0 Å². The number of aryl methyl sites for hydroxylation is 1. The van der Waals surface area contributed by atoms with Crippen molar-refractivity contribution in [3.05, 3.63) is 36.5 Å². The summed E-state index contributed by atoms with van der Waals surface area (Å²) in [5.74, 6) is 1.03. The third-order valence-electron chi connectivity index (χ3n) is 2.16. The fraction of sp³-hybridized carbons (Fsp3) is 0.364. The molecule has 80 valence electrons. The van der Waals surface area contributed by atoms with E-state index in [2.05, 4.69) is 29.5 Å². The van der Waals surface area contributed by atoms with E-state index in [1.165, 1.54) is 12.0 Å². The molecular weight excluding hydrogens is 174 g/mol. The van der Waals surface area contributed by atoms with Gasteiger partial charge in [-0.05, 0) is 24.5 Å². The number of rotatable bonds is 1. The van der Waals surface area contributed by atoms with Crippen LogP contribution in [0.5, 0.6) is 0 Å². The normalized spacial score (nSPS) is 13.2. The third-order valence-corrected chi connectivity index (χ3v) is 2.16. The Balaban J connectivity index is 0. The maximum Gasteiger partial charge on any atom is 0.129 e. The average Bonchev–Trinajstić information content (AvgIpc) is 2.31. The first-order valence-corrected chi connectivity index (χ1v) is 4.83. The minimum absolute atomic E-state index is 0. The molecule has 3 nitrogen and oxygen atoms in total. The number of aromatic nitrogens is 1. The molecule has 3 heteroatoms. The van der Waals surface area contributed by atoms with Gasteiger partial charge in [-0.2, -0.15) is 0 Å². The summed E-state index contributed by atoms with van der Waals surface area (Å²) < 4.78 is 0. The van der Waals surface area contributed by atoms with E-state index < -0.39 is 0 Å². The monoisotopic (exact) mass is 195 g/mol. The van der Waals surface area contributed by atoms with Crippen molar-refractivity contribution < 1.29 is 2.85 Å². The van der Waals surface area contributed by atoms with Crippen LogP contribution < -0.4 is 11.1 Å². The molecule has 1 aliphatic rings. The third kappa shape index (κ3) is 2.33. The number of anilines is 1. The summed E-state index contributed by atoms with van der Waals surface area (Å²) in [6.07, 6.45) is 2.34. The summed E-state index contributed by atoms with van der Waals surface area (Å²) >= 11 is 0. The molecule has 0 bridgehead atoms. The average molecular weight is 195 g/mol. The van der Waals surface area contributed by atoms with Gasteiger partial charge in [-0.1, -0.05) is 6.07 Å². The van der Waals surface area contributed by atoms with Gasteiger partial charge in [0, 0.05) is 15.9 Å². The van der Waals surface area contributed by atoms with Gasteiger partial charge in [0.1, 0.15) is 5.82 Å². The molecule has 2 heterocycles. The smallest absolute Gasteiger partial charge is 0.129 e. The number of hydrogen-bond acceptors (Lipinski definition) is 3. The van der Waals surface area contributed by atoms with Crippen LogP contribution in [-0.4, -0.2) is 11.5 Å². The minimum atomic E-state index is 0. The van der Waals surface area contributed by atoms with E-state index in [0.717, 1.165) is 24.5 Å². The summed E-state index contributed by atoms with van der Waals surface area (Å²) in [6, 6.07) is 4.13. The Morgan fingerprint density at radius 2 is 2.29 bits per heavy atom. The van der Waals surface area contributed by atoms with E-state index in [9.17, 15) is 0 Å². The number of hydrogen-bond donors (Lipinski definition) is 2. The Kier molecular flexibility index (Phi) is 4.13. The van der Waals surface area contributed by atoms with E-state index in [-0.39, 0.29) is 2.85 Å². The second-order valence-electron chi connectivity index (χ2n) is 3.04. The van der Waals surface area contributed by atoms with Crippen LogP contribution in [0.2, 0.25) is 0 Å². The van der Waals surface area contributed by atoms with Crippen molar-refractivity contribution >= 4 is 5.82 Å². The summed E-state index contributed by atoms with van der Waals surface area (Å²) in [4.78, 5) is 4.40. The number of pyridine rings is 1. The van der Waals surface area contributed by atoms with Gasteiger partial charge >= 0.3 is 0 Å². The lowest BCUT2D eigenvalue weighted by Crippen LogP contribution is -2.14. The molecule has 3 N–H and O–H groups in total. The van der Waals surface area contributed by atoms with Crippen molar-refractivity contribution in [2.45, 2.75) is 19.4 Å². The van der Waals surface area contributed by atoms with Crippen LogP contribution in [-0.2, 0) is 13.0 Å². The van der Waals surface area contributed by atoms with Crippen LogP contribution in [0.1, 0.15) is 20.5 Å². The summed E-state index contributed by atoms with van der Waals surface area (Å²) in [6.45, 7) is 7.56. The largest absolute Gasteiger partial charge is 0.370 e. The summed E-state index contributed by atoms with van der Waals surface area (Å²) in [7, 11) is 0. The zero-order valence-electron chi connectivity index (χ0n) is 8.42. The van der Waals surface area contributed by atoms with Crippen LogP contribution in [0.15, 0.2) is 25.3 Å². The Morgan fingerprint density at radius 1 is 1.50 bits per heavy atom. The minimum Gasteiger partial charge on any atom is -0.370 e. The SMILES string of the molecule is C=C.NCc1ccc2c(n1)NCCC2.[HH].[HH]. The van der Waals surface area contributed by atoms with E-state index >= 15 is 0 Å². The Morgan fingerprint density at radius 3 is 3.00 bits per heavy atom. The molecule has 0 radical (unpaired) electrons. The highest BCUT2D eigenvalue weighted by molar-refractivity contribution is 5.46. The fourth-order valence-electron chi connectivity index (χ4n) is 1.48. The van der Waals surface area contributed by atoms with Crippen molar-refractivity contribution in [1.82, 2.24) is 4.98 Å². The molecule has 1 aromatic rings. The number of nitrogens with one attached hydrogen (secondary N) is 1. The van der Waals surface area contributed by atoms with Gasteiger partial charge in [0.25, 0.3) is 0 Å². The number of nitrogens with zero attached hydrogens (tertiary/aromatic N) is 1. The molecular formula is C11H21N3. The summed E-state index contributed by atoms with van der Waals surface area (Å²) in [5, 5.41) is 3.27. The Labute approximate surface area is 88.0 Å². The topological polar surface area (TPSA) is 50.9 Å². The highest BCUT2D eigenvalue weighted by atomic mass is 15.0. The van der Waals surface area contributed by atoms with Gasteiger partial charge in [0.05, 0.1) is 5.69 Å². The molecule has 0 aromatic carbocycles. The fourth-order valence-corrected chi connectivity index (χ4v) is 1.48. The van der Waals surface area contributed by atoms with Gasteiger partial charge in [-0.25, -0.2) is 4.98 Å². The molecule has 1 aliphatic heterocycles. The first kappa shape index (κ1) is 10.7. The van der Waals surface area contributed by atoms with Crippen molar-refractivity contribution in [2.75, 3.05) is 11.9 Å². The Hall–Kier alpha value is -1.35. The van der Waals surface area contributed by atoms with Crippen molar-refractivity contribution in [3.63, 3.8) is 0 Å². The molecule has 0 aliphatic carbocycles. The van der Waals surface area contributed by atoms with Gasteiger partial charge in [0.2, 0.25) is 0 Å². The maximum atomic E-state index is 5.49. The molecule has 0 spiro atoms. The van der Waals surface area contributed by atoms with E-state index in [1.807, 2.05) is 6.07 Å².